The predicted molar refractivity (Wildman–Crippen MR) is 189 cm³/mol. The molecule has 19 heteroatoms. The van der Waals surface area contributed by atoms with Gasteiger partial charge in [-0.2, -0.15) is 0 Å². The van der Waals surface area contributed by atoms with Gasteiger partial charge in [0.2, 0.25) is 6.29 Å². The average Bonchev–Trinajstić information content (AvgIpc) is 3.13. The van der Waals surface area contributed by atoms with Gasteiger partial charge in [-0.3, -0.25) is 14.4 Å². The normalized spacial score (nSPS) is 19.6. The highest BCUT2D eigenvalue weighted by Crippen LogP contribution is 2.38. The predicted octanol–water partition coefficient (Wildman–Crippen LogP) is 4.08. The molecule has 1 unspecified atom stereocenters. The van der Waals surface area contributed by atoms with Crippen molar-refractivity contribution < 1.29 is 69.4 Å². The van der Waals surface area contributed by atoms with Crippen molar-refractivity contribution in [3.05, 3.63) is 64.0 Å². The Balaban J connectivity index is 1.71. The first-order chi connectivity index (χ1) is 25.8. The van der Waals surface area contributed by atoms with E-state index in [0.29, 0.717) is 45.0 Å². The van der Waals surface area contributed by atoms with E-state index in [1.54, 1.807) is 6.92 Å². The molecule has 298 valence electrons. The number of carbonyl (C=O) groups excluding carboxylic acids is 3. The third-order valence-electron chi connectivity index (χ3n) is 8.05. The van der Waals surface area contributed by atoms with E-state index in [1.165, 1.54) is 56.3 Å². The number of hydrogen-bond acceptors (Lipinski definition) is 16. The summed E-state index contributed by atoms with van der Waals surface area (Å²) in [7, 11) is -4.80. The van der Waals surface area contributed by atoms with Gasteiger partial charge in [-0.25, -0.2) is 0 Å². The second-order valence-corrected chi connectivity index (χ2v) is 13.3. The third kappa shape index (κ3) is 15.1. The van der Waals surface area contributed by atoms with Gasteiger partial charge in [0.25, 0.3) is 0 Å². The second kappa shape index (κ2) is 22.7. The first-order valence-corrected chi connectivity index (χ1v) is 18.5. The fraction of sp³-hybridized carbons (Fsp3) is 0.571. The lowest BCUT2D eigenvalue weighted by Crippen LogP contribution is -2.54. The highest BCUT2D eigenvalue weighted by Gasteiger charge is 2.45. The van der Waals surface area contributed by atoms with Crippen molar-refractivity contribution in [1.82, 2.24) is 0 Å². The molecule has 0 radical (unpaired) electrons. The molecule has 1 saturated heterocycles. The van der Waals surface area contributed by atoms with Crippen molar-refractivity contribution in [3.63, 3.8) is 0 Å². The molecule has 2 aromatic rings. The van der Waals surface area contributed by atoms with Gasteiger partial charge in [0.15, 0.2) is 17.3 Å². The lowest BCUT2D eigenvalue weighted by atomic mass is 9.84. The topological polar surface area (TPSA) is 237 Å². The van der Waals surface area contributed by atoms with Crippen LogP contribution >= 0.6 is 0 Å². The number of esters is 2. The summed E-state index contributed by atoms with van der Waals surface area (Å²) in [6.07, 6.45) is -2.34. The Morgan fingerprint density at radius 2 is 1.54 bits per heavy atom. The maximum atomic E-state index is 13.2. The maximum absolute atomic E-state index is 13.2. The van der Waals surface area contributed by atoms with Crippen molar-refractivity contribution >= 4 is 28.1 Å². The van der Waals surface area contributed by atoms with E-state index in [0.717, 1.165) is 0 Å². The molecule has 0 aliphatic carbocycles. The lowest BCUT2D eigenvalue weighted by molar-refractivity contribution is -0.248. The molecule has 0 aromatic heterocycles. The molecule has 54 heavy (non-hydrogen) atoms. The van der Waals surface area contributed by atoms with Crippen LogP contribution in [-0.2, 0) is 55.0 Å². The zero-order chi connectivity index (χ0) is 39.5. The quantitative estimate of drug-likeness (QED) is 0.0394. The van der Waals surface area contributed by atoms with Crippen LogP contribution in [-0.4, -0.2) is 103 Å². The van der Waals surface area contributed by atoms with Crippen molar-refractivity contribution in [1.29, 1.82) is 0 Å². The molecule has 18 nitrogen and oxygen atoms in total. The maximum Gasteiger partial charge on any atom is 0.501 e. The van der Waals surface area contributed by atoms with E-state index in [-0.39, 0.29) is 67.3 Å². The molecule has 5 atom stereocenters. The fourth-order valence-electron chi connectivity index (χ4n) is 5.14. The molecular formula is C35H47N3O15S. The van der Waals surface area contributed by atoms with E-state index in [9.17, 15) is 27.9 Å². The Hall–Kier alpha value is -4.49. The Morgan fingerprint density at radius 1 is 0.870 bits per heavy atom. The zero-order valence-electron chi connectivity index (χ0n) is 30.6. The number of aliphatic hydroxyl groups excluding tert-OH is 1. The van der Waals surface area contributed by atoms with Crippen LogP contribution in [0, 0.1) is 11.8 Å². The van der Waals surface area contributed by atoms with Crippen molar-refractivity contribution in [3.8, 4) is 17.2 Å². The number of carbonyl (C=O) groups is 3. The van der Waals surface area contributed by atoms with Crippen molar-refractivity contribution in [2.24, 2.45) is 17.0 Å². The van der Waals surface area contributed by atoms with Crippen LogP contribution in [0.15, 0.2) is 47.6 Å². The van der Waals surface area contributed by atoms with E-state index in [1.807, 2.05) is 6.92 Å². The lowest BCUT2D eigenvalue weighted by Gasteiger charge is -2.43. The molecular weight excluding hydrogens is 734 g/mol. The van der Waals surface area contributed by atoms with Gasteiger partial charge in [0.05, 0.1) is 39.6 Å². The summed E-state index contributed by atoms with van der Waals surface area (Å²) in [6, 6.07) is 9.65. The van der Waals surface area contributed by atoms with Crippen LogP contribution < -0.4 is 13.1 Å². The van der Waals surface area contributed by atoms with E-state index in [2.05, 4.69) is 10.0 Å². The SMILES string of the molecule is CC(=O)OC[C@H]1OC(Oc2ccc(C(=O)CCCOCCOCCOCCN=[N+]=[N-])cc2OS(=O)(=O)Oc2ccc(CO)cc2)[C@H](C)[C@@H](C)[C@H]1OC(C)=O. The van der Waals surface area contributed by atoms with Gasteiger partial charge in [-0.05, 0) is 47.8 Å². The van der Waals surface area contributed by atoms with Gasteiger partial charge >= 0.3 is 22.3 Å². The van der Waals surface area contributed by atoms with E-state index < -0.39 is 46.8 Å². The molecule has 0 amide bonds. The van der Waals surface area contributed by atoms with Crippen LogP contribution in [0.4, 0.5) is 0 Å². The first kappa shape index (κ1) is 43.9. The summed E-state index contributed by atoms with van der Waals surface area (Å²) in [5.41, 5.74) is 8.88. The van der Waals surface area contributed by atoms with Gasteiger partial charge in [-0.1, -0.05) is 31.1 Å². The molecule has 3 rings (SSSR count). The third-order valence-corrected chi connectivity index (χ3v) is 8.83. The summed E-state index contributed by atoms with van der Waals surface area (Å²) in [6.45, 7) is 7.66. The van der Waals surface area contributed by atoms with Crippen LogP contribution in [0.2, 0.25) is 0 Å². The molecule has 1 aliphatic heterocycles. The largest absolute Gasteiger partial charge is 0.501 e. The second-order valence-electron chi connectivity index (χ2n) is 12.1. The Bertz CT molecular complexity index is 1670. The van der Waals surface area contributed by atoms with Crippen LogP contribution in [0.5, 0.6) is 17.2 Å². The molecule has 0 bridgehead atoms. The number of nitrogens with zero attached hydrogens (tertiary/aromatic N) is 3. The van der Waals surface area contributed by atoms with Crippen molar-refractivity contribution in [2.45, 2.75) is 65.6 Å². The summed E-state index contributed by atoms with van der Waals surface area (Å²) >= 11 is 0. The number of ether oxygens (including phenoxy) is 7. The number of benzene rings is 2. The highest BCUT2D eigenvalue weighted by molar-refractivity contribution is 7.82. The summed E-state index contributed by atoms with van der Waals surface area (Å²) in [4.78, 5) is 39.3. The van der Waals surface area contributed by atoms with Crippen LogP contribution in [0.3, 0.4) is 0 Å². The number of azide groups is 1. The number of aliphatic hydroxyl groups is 1. The zero-order valence-corrected chi connectivity index (χ0v) is 31.4. The Kier molecular flexibility index (Phi) is 18.4. The number of rotatable bonds is 24. The Morgan fingerprint density at radius 3 is 2.17 bits per heavy atom. The molecule has 1 aliphatic rings. The van der Waals surface area contributed by atoms with E-state index in [4.69, 9.17) is 47.1 Å². The summed E-state index contributed by atoms with van der Waals surface area (Å²) in [5, 5.41) is 12.7. The minimum absolute atomic E-state index is 0.0651. The molecule has 2 aromatic carbocycles. The molecule has 1 N–H and O–H groups in total. The molecule has 0 spiro atoms. The minimum Gasteiger partial charge on any atom is -0.463 e. The summed E-state index contributed by atoms with van der Waals surface area (Å²) < 4.78 is 75.8. The highest BCUT2D eigenvalue weighted by atomic mass is 32.3. The first-order valence-electron chi connectivity index (χ1n) is 17.2. The van der Waals surface area contributed by atoms with E-state index >= 15 is 0 Å². The smallest absolute Gasteiger partial charge is 0.463 e. The van der Waals surface area contributed by atoms with Gasteiger partial charge in [0.1, 0.15) is 24.6 Å². The number of ketones is 1. The van der Waals surface area contributed by atoms with Gasteiger partial charge < -0.3 is 46.6 Å². The number of hydrogen-bond donors (Lipinski definition) is 1. The van der Waals surface area contributed by atoms with Crippen molar-refractivity contribution in [2.75, 3.05) is 52.8 Å². The van der Waals surface area contributed by atoms with Gasteiger partial charge in [0, 0.05) is 55.7 Å². The van der Waals surface area contributed by atoms with Crippen LogP contribution in [0.25, 0.3) is 10.4 Å². The fourth-order valence-corrected chi connectivity index (χ4v) is 5.87. The Labute approximate surface area is 313 Å². The average molecular weight is 782 g/mol. The summed E-state index contributed by atoms with van der Waals surface area (Å²) in [5.74, 6) is -2.84. The van der Waals surface area contributed by atoms with Crippen LogP contribution in [0.1, 0.15) is 56.5 Å². The van der Waals surface area contributed by atoms with Gasteiger partial charge in [-0.15, -0.1) is 8.42 Å². The minimum atomic E-state index is -4.80. The molecule has 0 saturated carbocycles. The standard InChI is InChI=1S/C35H47N3O15S/c1-23-24(2)35(51-33(22-48-25(3)40)34(23)49-26(4)41)50-31-12-9-28(20-32(31)53-54(43,44)52-29-10-7-27(21-39)8-11-29)30(42)6-5-14-45-16-18-47-19-17-46-15-13-37-38-36/h7-12,20,23-24,33-35,39H,5-6,13-19,21-22H2,1-4H3/t23-,24-,33-,34-,35?/m1/s1. The number of Topliss-reactive ketones (excluding diaryl/α,β-unsaturated/α-hetero) is 1. The molecule has 1 heterocycles. The monoisotopic (exact) mass is 781 g/mol. The molecule has 1 fully saturated rings.